The van der Waals surface area contributed by atoms with Crippen LogP contribution in [0.5, 0.6) is 0 Å². The molecule has 2 rings (SSSR count). The Bertz CT molecular complexity index is 758. The summed E-state index contributed by atoms with van der Waals surface area (Å²) in [7, 11) is 0. The van der Waals surface area contributed by atoms with Gasteiger partial charge in [0.2, 0.25) is 0 Å². The molecule has 110 valence electrons. The maximum atomic E-state index is 10.9. The van der Waals surface area contributed by atoms with Crippen molar-refractivity contribution in [2.24, 2.45) is 0 Å². The van der Waals surface area contributed by atoms with Crippen LogP contribution >= 0.6 is 11.6 Å². The summed E-state index contributed by atoms with van der Waals surface area (Å²) in [5.41, 5.74) is 2.20. The standard InChI is InChI=1S/C19H15ClO2/c1-14(19(21)22)17-12-6-4-9-15(17)8-2-3-10-16-11-5-7-13-18(16)20/h2-13H,1H2,(H,21,22)/p-1/b8-2+,10-3+. The van der Waals surface area contributed by atoms with Gasteiger partial charge in [0.05, 0.1) is 5.97 Å². The molecule has 0 fully saturated rings. The first-order valence-electron chi connectivity index (χ1n) is 6.68. The number of carboxylic acids is 1. The zero-order valence-electron chi connectivity index (χ0n) is 11.8. The summed E-state index contributed by atoms with van der Waals surface area (Å²) in [6.45, 7) is 3.54. The van der Waals surface area contributed by atoms with Crippen molar-refractivity contribution in [1.82, 2.24) is 0 Å². The Labute approximate surface area is 134 Å². The maximum Gasteiger partial charge on any atom is 0.0715 e. The van der Waals surface area contributed by atoms with E-state index in [9.17, 15) is 9.90 Å². The highest BCUT2D eigenvalue weighted by Gasteiger charge is 2.03. The Kier molecular flexibility index (Phi) is 5.34. The molecule has 0 aliphatic heterocycles. The lowest BCUT2D eigenvalue weighted by Crippen LogP contribution is -2.23. The van der Waals surface area contributed by atoms with E-state index in [1.807, 2.05) is 60.7 Å². The van der Waals surface area contributed by atoms with Crippen LogP contribution in [0.1, 0.15) is 16.7 Å². The predicted octanol–water partition coefficient (Wildman–Crippen LogP) is 3.83. The molecule has 0 heterocycles. The summed E-state index contributed by atoms with van der Waals surface area (Å²) in [5, 5.41) is 11.6. The van der Waals surface area contributed by atoms with Gasteiger partial charge in [-0.3, -0.25) is 0 Å². The second kappa shape index (κ2) is 7.43. The van der Waals surface area contributed by atoms with Crippen LogP contribution in [0.2, 0.25) is 5.02 Å². The fourth-order valence-corrected chi connectivity index (χ4v) is 2.15. The third-order valence-corrected chi connectivity index (χ3v) is 3.44. The van der Waals surface area contributed by atoms with Crippen LogP contribution in [-0.2, 0) is 4.79 Å². The highest BCUT2D eigenvalue weighted by Crippen LogP contribution is 2.19. The second-order valence-electron chi connectivity index (χ2n) is 4.59. The monoisotopic (exact) mass is 309 g/mol. The molecule has 0 aliphatic rings. The molecule has 2 aromatic carbocycles. The minimum Gasteiger partial charge on any atom is -0.545 e. The van der Waals surface area contributed by atoms with Crippen LogP contribution in [0.25, 0.3) is 17.7 Å². The average Bonchev–Trinajstić information content (AvgIpc) is 2.52. The molecule has 0 N–H and O–H groups in total. The fourth-order valence-electron chi connectivity index (χ4n) is 1.96. The second-order valence-corrected chi connectivity index (χ2v) is 5.00. The summed E-state index contributed by atoms with van der Waals surface area (Å²) in [4.78, 5) is 10.9. The van der Waals surface area contributed by atoms with Crippen molar-refractivity contribution in [3.8, 4) is 0 Å². The van der Waals surface area contributed by atoms with E-state index < -0.39 is 5.97 Å². The largest absolute Gasteiger partial charge is 0.545 e. The maximum absolute atomic E-state index is 10.9. The Hall–Kier alpha value is -2.58. The van der Waals surface area contributed by atoms with Crippen molar-refractivity contribution in [2.75, 3.05) is 0 Å². The topological polar surface area (TPSA) is 40.1 Å². The van der Waals surface area contributed by atoms with Crippen LogP contribution in [0.3, 0.4) is 0 Å². The van der Waals surface area contributed by atoms with Crippen LogP contribution < -0.4 is 5.11 Å². The van der Waals surface area contributed by atoms with Crippen molar-refractivity contribution < 1.29 is 9.90 Å². The number of rotatable bonds is 5. The number of carbonyl (C=O) groups is 1. The van der Waals surface area contributed by atoms with E-state index in [0.29, 0.717) is 10.6 Å². The lowest BCUT2D eigenvalue weighted by Gasteiger charge is -2.09. The van der Waals surface area contributed by atoms with Gasteiger partial charge in [0.1, 0.15) is 0 Å². The first-order chi connectivity index (χ1) is 10.6. The van der Waals surface area contributed by atoms with E-state index in [0.717, 1.165) is 11.1 Å². The number of benzene rings is 2. The Morgan fingerprint density at radius 1 is 0.955 bits per heavy atom. The van der Waals surface area contributed by atoms with Gasteiger partial charge < -0.3 is 9.90 Å². The highest BCUT2D eigenvalue weighted by atomic mass is 35.5. The van der Waals surface area contributed by atoms with Crippen molar-refractivity contribution in [1.29, 1.82) is 0 Å². The van der Waals surface area contributed by atoms with Crippen molar-refractivity contribution in [3.63, 3.8) is 0 Å². The van der Waals surface area contributed by atoms with Gasteiger partial charge in [-0.05, 0) is 28.3 Å². The number of halogens is 1. The summed E-state index contributed by atoms with van der Waals surface area (Å²) >= 11 is 6.06. The van der Waals surface area contributed by atoms with E-state index in [-0.39, 0.29) is 5.57 Å². The van der Waals surface area contributed by atoms with Gasteiger partial charge in [-0.15, -0.1) is 0 Å². The Balaban J connectivity index is 2.19. The molecule has 0 radical (unpaired) electrons. The van der Waals surface area contributed by atoms with Gasteiger partial charge in [0.25, 0.3) is 0 Å². The molecule has 22 heavy (non-hydrogen) atoms. The number of hydrogen-bond acceptors (Lipinski definition) is 2. The molecule has 2 aromatic rings. The highest BCUT2D eigenvalue weighted by molar-refractivity contribution is 6.32. The van der Waals surface area contributed by atoms with Crippen LogP contribution in [-0.4, -0.2) is 5.97 Å². The molecule has 0 aromatic heterocycles. The Morgan fingerprint density at radius 3 is 2.14 bits per heavy atom. The zero-order chi connectivity index (χ0) is 15.9. The molecule has 0 saturated carbocycles. The summed E-state index contributed by atoms with van der Waals surface area (Å²) in [5.74, 6) is -1.27. The average molecular weight is 310 g/mol. The van der Waals surface area contributed by atoms with E-state index in [1.165, 1.54) is 0 Å². The third kappa shape index (κ3) is 3.96. The molecule has 0 saturated heterocycles. The normalized spacial score (nSPS) is 11.1. The van der Waals surface area contributed by atoms with Crippen molar-refractivity contribution in [3.05, 3.63) is 89.0 Å². The van der Waals surface area contributed by atoms with E-state index >= 15 is 0 Å². The molecule has 0 bridgehead atoms. The van der Waals surface area contributed by atoms with Gasteiger partial charge >= 0.3 is 0 Å². The first-order valence-corrected chi connectivity index (χ1v) is 7.06. The zero-order valence-corrected chi connectivity index (χ0v) is 12.6. The number of allylic oxidation sites excluding steroid dienone is 2. The SMILES string of the molecule is C=C(C(=O)[O-])c1ccccc1/C=C/C=C/c1ccccc1Cl. The van der Waals surface area contributed by atoms with Gasteiger partial charge in [-0.1, -0.05) is 84.9 Å². The minimum atomic E-state index is -1.27. The minimum absolute atomic E-state index is 0.0321. The summed E-state index contributed by atoms with van der Waals surface area (Å²) in [6.07, 6.45) is 7.37. The summed E-state index contributed by atoms with van der Waals surface area (Å²) in [6, 6.07) is 14.6. The molecular formula is C19H14ClO2-. The quantitative estimate of drug-likeness (QED) is 0.622. The molecule has 0 atom stereocenters. The molecule has 0 unspecified atom stereocenters. The van der Waals surface area contributed by atoms with Gasteiger partial charge in [0, 0.05) is 5.02 Å². The number of aliphatic carboxylic acids is 1. The number of carbonyl (C=O) groups excluding carboxylic acids is 1. The van der Waals surface area contributed by atoms with Gasteiger partial charge in [0.15, 0.2) is 0 Å². The molecule has 0 aliphatic carbocycles. The van der Waals surface area contributed by atoms with Crippen LogP contribution in [0.4, 0.5) is 0 Å². The van der Waals surface area contributed by atoms with E-state index in [1.54, 1.807) is 12.1 Å². The first kappa shape index (κ1) is 15.8. The predicted molar refractivity (Wildman–Crippen MR) is 90.0 cm³/mol. The Morgan fingerprint density at radius 2 is 1.50 bits per heavy atom. The van der Waals surface area contributed by atoms with Gasteiger partial charge in [-0.2, -0.15) is 0 Å². The van der Waals surface area contributed by atoms with E-state index in [4.69, 9.17) is 11.6 Å². The summed E-state index contributed by atoms with van der Waals surface area (Å²) < 4.78 is 0. The fraction of sp³-hybridized carbons (Fsp3) is 0. The van der Waals surface area contributed by atoms with Crippen molar-refractivity contribution >= 4 is 35.3 Å². The van der Waals surface area contributed by atoms with Crippen LogP contribution in [0, 0.1) is 0 Å². The number of carboxylic acid groups (broad SMARTS) is 1. The lowest BCUT2D eigenvalue weighted by molar-refractivity contribution is -0.295. The van der Waals surface area contributed by atoms with E-state index in [2.05, 4.69) is 6.58 Å². The third-order valence-electron chi connectivity index (χ3n) is 3.10. The molecule has 0 amide bonds. The van der Waals surface area contributed by atoms with Gasteiger partial charge in [-0.25, -0.2) is 0 Å². The van der Waals surface area contributed by atoms with Crippen molar-refractivity contribution in [2.45, 2.75) is 0 Å². The smallest absolute Gasteiger partial charge is 0.0715 e. The lowest BCUT2D eigenvalue weighted by atomic mass is 10.0. The number of hydrogen-bond donors (Lipinski definition) is 0. The molecule has 2 nitrogen and oxygen atoms in total. The molecule has 3 heteroatoms. The van der Waals surface area contributed by atoms with Crippen LogP contribution in [0.15, 0.2) is 67.3 Å². The molecular weight excluding hydrogens is 296 g/mol. The molecule has 0 spiro atoms.